The summed E-state index contributed by atoms with van der Waals surface area (Å²) in [5.41, 5.74) is 2.07. The van der Waals surface area contributed by atoms with Crippen molar-refractivity contribution in [3.05, 3.63) is 34.9 Å². The van der Waals surface area contributed by atoms with Gasteiger partial charge in [-0.3, -0.25) is 9.59 Å². The first-order chi connectivity index (χ1) is 18.3. The number of benzene rings is 1. The quantitative estimate of drug-likeness (QED) is 0.218. The predicted octanol–water partition coefficient (Wildman–Crippen LogP) is 6.70. The highest BCUT2D eigenvalue weighted by Gasteiger charge is 2.37. The maximum absolute atomic E-state index is 14.3. The molecule has 0 bridgehead atoms. The average Bonchev–Trinajstić information content (AvgIpc) is 2.82. The molecule has 39 heavy (non-hydrogen) atoms. The largest absolute Gasteiger partial charge is 0.444 e. The van der Waals surface area contributed by atoms with E-state index in [-0.39, 0.29) is 17.9 Å². The molecule has 0 radical (unpaired) electrons. The fourth-order valence-corrected chi connectivity index (χ4v) is 5.09. The van der Waals surface area contributed by atoms with E-state index in [1.807, 2.05) is 52.1 Å². The zero-order valence-electron chi connectivity index (χ0n) is 25.8. The van der Waals surface area contributed by atoms with Crippen LogP contribution in [0, 0.1) is 13.8 Å². The molecule has 0 spiro atoms. The average molecular weight is 564 g/mol. The third kappa shape index (κ3) is 12.7. The summed E-state index contributed by atoms with van der Waals surface area (Å²) in [6.07, 6.45) is 8.16. The summed E-state index contributed by atoms with van der Waals surface area (Å²) in [5.74, 6) is 0.223. The van der Waals surface area contributed by atoms with Gasteiger partial charge in [-0.25, -0.2) is 4.79 Å². The second-order valence-electron chi connectivity index (χ2n) is 11.7. The molecule has 0 aliphatic heterocycles. The molecule has 222 valence electrons. The number of rotatable bonds is 16. The van der Waals surface area contributed by atoms with Crippen LogP contribution in [-0.2, 0) is 14.3 Å². The van der Waals surface area contributed by atoms with Gasteiger partial charge >= 0.3 is 6.09 Å². The van der Waals surface area contributed by atoms with Crippen molar-refractivity contribution in [1.29, 1.82) is 0 Å². The Morgan fingerprint density at radius 1 is 0.974 bits per heavy atom. The van der Waals surface area contributed by atoms with Crippen molar-refractivity contribution in [3.8, 4) is 0 Å². The number of thioether (sulfide) groups is 1. The standard InChI is InChI=1S/C31H53N3O4S/c1-10-11-12-13-14-15-20-34(29(36)25(19-21-39-9)33-30(37)38-31(6,7)8)27(28(35)32-22(2)3)26-23(4)17-16-18-24(26)5/h16-18,22,25,27H,10-15,19-21H2,1-9H3,(H,32,35)(H,33,37). The van der Waals surface area contributed by atoms with Gasteiger partial charge in [0.25, 0.3) is 0 Å². The fraction of sp³-hybridized carbons (Fsp3) is 0.710. The van der Waals surface area contributed by atoms with Crippen molar-refractivity contribution in [2.24, 2.45) is 0 Å². The summed E-state index contributed by atoms with van der Waals surface area (Å²) >= 11 is 1.61. The van der Waals surface area contributed by atoms with Gasteiger partial charge in [0.05, 0.1) is 0 Å². The maximum Gasteiger partial charge on any atom is 0.408 e. The highest BCUT2D eigenvalue weighted by atomic mass is 32.2. The van der Waals surface area contributed by atoms with Crippen LogP contribution in [0.5, 0.6) is 0 Å². The number of unbranched alkanes of at least 4 members (excludes halogenated alkanes) is 5. The molecule has 2 N–H and O–H groups in total. The van der Waals surface area contributed by atoms with E-state index in [1.165, 1.54) is 12.8 Å². The summed E-state index contributed by atoms with van der Waals surface area (Å²) < 4.78 is 5.49. The zero-order chi connectivity index (χ0) is 29.6. The van der Waals surface area contributed by atoms with E-state index in [2.05, 4.69) is 17.6 Å². The Bertz CT molecular complexity index is 893. The first-order valence-corrected chi connectivity index (χ1v) is 15.9. The highest BCUT2D eigenvalue weighted by molar-refractivity contribution is 7.98. The van der Waals surface area contributed by atoms with Crippen LogP contribution in [0.2, 0.25) is 0 Å². The minimum absolute atomic E-state index is 0.0810. The number of hydrogen-bond acceptors (Lipinski definition) is 5. The smallest absolute Gasteiger partial charge is 0.408 e. The molecule has 1 rings (SSSR count). The molecule has 0 fully saturated rings. The van der Waals surface area contributed by atoms with E-state index >= 15 is 0 Å². The Labute approximate surface area is 241 Å². The van der Waals surface area contributed by atoms with Crippen LogP contribution in [-0.4, -0.2) is 59.0 Å². The Morgan fingerprint density at radius 2 is 1.56 bits per heavy atom. The third-order valence-corrected chi connectivity index (χ3v) is 7.09. The first kappa shape index (κ1) is 34.8. The molecule has 0 saturated carbocycles. The monoisotopic (exact) mass is 563 g/mol. The number of aryl methyl sites for hydroxylation is 2. The SMILES string of the molecule is CCCCCCCCN(C(=O)C(CCSC)NC(=O)OC(C)(C)C)C(C(=O)NC(C)C)c1c(C)cccc1C. The number of amides is 3. The molecule has 8 heteroatoms. The summed E-state index contributed by atoms with van der Waals surface area (Å²) in [5, 5.41) is 5.88. The lowest BCUT2D eigenvalue weighted by atomic mass is 9.93. The minimum atomic E-state index is -0.800. The van der Waals surface area contributed by atoms with E-state index in [9.17, 15) is 14.4 Å². The Kier molecular flexibility index (Phi) is 15.6. The number of carbonyl (C=O) groups excluding carboxylic acids is 3. The lowest BCUT2D eigenvalue weighted by Gasteiger charge is -2.36. The van der Waals surface area contributed by atoms with Gasteiger partial charge in [-0.1, -0.05) is 57.2 Å². The van der Waals surface area contributed by atoms with Crippen LogP contribution < -0.4 is 10.6 Å². The molecule has 2 unspecified atom stereocenters. The van der Waals surface area contributed by atoms with Gasteiger partial charge in [0.1, 0.15) is 17.7 Å². The summed E-state index contributed by atoms with van der Waals surface area (Å²) in [4.78, 5) is 42.6. The third-order valence-electron chi connectivity index (χ3n) is 6.44. The number of ether oxygens (including phenoxy) is 1. The van der Waals surface area contributed by atoms with Gasteiger partial charge in [-0.05, 0) is 90.0 Å². The van der Waals surface area contributed by atoms with E-state index in [0.29, 0.717) is 18.7 Å². The molecule has 0 aromatic heterocycles. The Hall–Kier alpha value is -2.22. The number of nitrogens with zero attached hydrogens (tertiary/aromatic N) is 1. The van der Waals surface area contributed by atoms with E-state index in [4.69, 9.17) is 4.74 Å². The zero-order valence-corrected chi connectivity index (χ0v) is 26.6. The van der Waals surface area contributed by atoms with Gasteiger partial charge in [0.15, 0.2) is 0 Å². The van der Waals surface area contributed by atoms with Crippen molar-refractivity contribution >= 4 is 29.7 Å². The molecule has 1 aromatic rings. The molecule has 0 heterocycles. The molecular formula is C31H53N3O4S. The second kappa shape index (κ2) is 17.5. The molecule has 1 aromatic carbocycles. The molecule has 7 nitrogen and oxygen atoms in total. The molecule has 2 atom stereocenters. The van der Waals surface area contributed by atoms with Gasteiger partial charge < -0.3 is 20.3 Å². The van der Waals surface area contributed by atoms with Crippen LogP contribution in [0.15, 0.2) is 18.2 Å². The molecular weight excluding hydrogens is 510 g/mol. The second-order valence-corrected chi connectivity index (χ2v) is 12.6. The fourth-order valence-electron chi connectivity index (χ4n) is 4.62. The van der Waals surface area contributed by atoms with Gasteiger partial charge in [-0.15, -0.1) is 0 Å². The molecule has 0 saturated heterocycles. The predicted molar refractivity (Wildman–Crippen MR) is 163 cm³/mol. The normalized spacial score (nSPS) is 13.1. The van der Waals surface area contributed by atoms with Crippen molar-refractivity contribution in [1.82, 2.24) is 15.5 Å². The van der Waals surface area contributed by atoms with Crippen LogP contribution in [0.25, 0.3) is 0 Å². The van der Waals surface area contributed by atoms with Crippen molar-refractivity contribution in [2.45, 2.75) is 124 Å². The maximum atomic E-state index is 14.3. The lowest BCUT2D eigenvalue weighted by molar-refractivity contribution is -0.142. The number of hydrogen-bond donors (Lipinski definition) is 2. The van der Waals surface area contributed by atoms with E-state index < -0.39 is 23.8 Å². The van der Waals surface area contributed by atoms with Crippen LogP contribution in [0.4, 0.5) is 4.79 Å². The van der Waals surface area contributed by atoms with Gasteiger partial charge in [-0.2, -0.15) is 11.8 Å². The number of alkyl carbamates (subject to hydrolysis) is 1. The number of nitrogens with one attached hydrogen (secondary N) is 2. The topological polar surface area (TPSA) is 87.7 Å². The van der Waals surface area contributed by atoms with E-state index in [1.54, 1.807) is 37.4 Å². The molecule has 3 amide bonds. The van der Waals surface area contributed by atoms with Crippen molar-refractivity contribution in [3.63, 3.8) is 0 Å². The Morgan fingerprint density at radius 3 is 2.10 bits per heavy atom. The van der Waals surface area contributed by atoms with Crippen LogP contribution in [0.3, 0.4) is 0 Å². The highest BCUT2D eigenvalue weighted by Crippen LogP contribution is 2.29. The Balaban J connectivity index is 3.50. The van der Waals surface area contributed by atoms with E-state index in [0.717, 1.165) is 42.4 Å². The lowest BCUT2D eigenvalue weighted by Crippen LogP contribution is -2.54. The number of carbonyl (C=O) groups is 3. The summed E-state index contributed by atoms with van der Waals surface area (Å²) in [6.45, 7) is 15.8. The van der Waals surface area contributed by atoms with Gasteiger partial charge in [0, 0.05) is 12.6 Å². The van der Waals surface area contributed by atoms with Gasteiger partial charge in [0.2, 0.25) is 11.8 Å². The summed E-state index contributed by atoms with van der Waals surface area (Å²) in [6, 6.07) is 4.25. The molecule has 0 aliphatic rings. The van der Waals surface area contributed by atoms with Crippen molar-refractivity contribution < 1.29 is 19.1 Å². The summed E-state index contributed by atoms with van der Waals surface area (Å²) in [7, 11) is 0. The van der Waals surface area contributed by atoms with Crippen molar-refractivity contribution in [2.75, 3.05) is 18.6 Å². The van der Waals surface area contributed by atoms with Crippen LogP contribution in [0.1, 0.15) is 109 Å². The van der Waals surface area contributed by atoms with Crippen LogP contribution >= 0.6 is 11.8 Å². The minimum Gasteiger partial charge on any atom is -0.444 e. The molecule has 0 aliphatic carbocycles. The first-order valence-electron chi connectivity index (χ1n) is 14.5.